The number of fused-ring (bicyclic) bond motifs is 2. The van der Waals surface area contributed by atoms with Gasteiger partial charge in [0.05, 0.1) is 0 Å². The predicted molar refractivity (Wildman–Crippen MR) is 67.5 cm³/mol. The number of piperidine rings is 1. The lowest BCUT2D eigenvalue weighted by Crippen LogP contribution is -2.46. The average Bonchev–Trinajstić information content (AvgIpc) is 2.92. The molecule has 0 amide bonds. The van der Waals surface area contributed by atoms with Crippen LogP contribution >= 0.6 is 0 Å². The third-order valence-corrected chi connectivity index (χ3v) is 5.19. The van der Waals surface area contributed by atoms with Gasteiger partial charge in [-0.25, -0.2) is 0 Å². The molecular formula is C14H26N2. The second-order valence-corrected chi connectivity index (χ2v) is 6.33. The number of rotatable bonds is 3. The van der Waals surface area contributed by atoms with Gasteiger partial charge in [-0.1, -0.05) is 12.8 Å². The fourth-order valence-electron chi connectivity index (χ4n) is 4.31. The smallest absolute Gasteiger partial charge is 0.0195 e. The summed E-state index contributed by atoms with van der Waals surface area (Å²) in [5.41, 5.74) is 0. The second kappa shape index (κ2) is 4.66. The summed E-state index contributed by atoms with van der Waals surface area (Å²) in [5, 5.41) is 3.68. The van der Waals surface area contributed by atoms with E-state index in [2.05, 4.69) is 17.3 Å². The molecule has 0 spiro atoms. The lowest BCUT2D eigenvalue weighted by Gasteiger charge is -2.35. The maximum atomic E-state index is 3.68. The molecule has 1 heterocycles. The van der Waals surface area contributed by atoms with E-state index in [-0.39, 0.29) is 0 Å². The molecule has 16 heavy (non-hydrogen) atoms. The van der Waals surface area contributed by atoms with E-state index in [0.29, 0.717) is 0 Å². The highest BCUT2D eigenvalue weighted by molar-refractivity contribution is 4.95. The van der Waals surface area contributed by atoms with Gasteiger partial charge in [-0.2, -0.15) is 0 Å². The topological polar surface area (TPSA) is 15.3 Å². The van der Waals surface area contributed by atoms with Gasteiger partial charge in [0.1, 0.15) is 0 Å². The minimum absolute atomic E-state index is 0.776. The van der Waals surface area contributed by atoms with Gasteiger partial charge in [0.15, 0.2) is 0 Å². The van der Waals surface area contributed by atoms with Crippen LogP contribution in [-0.4, -0.2) is 37.1 Å². The van der Waals surface area contributed by atoms with E-state index in [1.54, 1.807) is 0 Å². The zero-order valence-electron chi connectivity index (χ0n) is 10.6. The molecule has 3 fully saturated rings. The number of likely N-dealkylation sites (N-methyl/N-ethyl adjacent to an activating group) is 1. The van der Waals surface area contributed by atoms with E-state index < -0.39 is 0 Å². The van der Waals surface area contributed by atoms with Crippen molar-refractivity contribution in [3.05, 3.63) is 0 Å². The van der Waals surface area contributed by atoms with E-state index in [1.807, 2.05) is 0 Å². The van der Waals surface area contributed by atoms with Crippen molar-refractivity contribution >= 4 is 0 Å². The van der Waals surface area contributed by atoms with Crippen molar-refractivity contribution in [1.29, 1.82) is 0 Å². The monoisotopic (exact) mass is 222 g/mol. The molecule has 3 aliphatic rings. The van der Waals surface area contributed by atoms with Gasteiger partial charge in [-0.05, 0) is 57.5 Å². The highest BCUT2D eigenvalue weighted by atomic mass is 15.2. The molecule has 0 aromatic heterocycles. The first-order valence-corrected chi connectivity index (χ1v) is 7.26. The van der Waals surface area contributed by atoms with E-state index >= 15 is 0 Å². The largest absolute Gasteiger partial charge is 0.313 e. The summed E-state index contributed by atoms with van der Waals surface area (Å²) in [6.07, 6.45) is 10.3. The van der Waals surface area contributed by atoms with Crippen molar-refractivity contribution in [1.82, 2.24) is 10.2 Å². The summed E-state index contributed by atoms with van der Waals surface area (Å²) in [5.74, 6) is 2.12. The van der Waals surface area contributed by atoms with Crippen molar-refractivity contribution < 1.29 is 0 Å². The van der Waals surface area contributed by atoms with E-state index in [0.717, 1.165) is 23.9 Å². The lowest BCUT2D eigenvalue weighted by atomic mass is 9.93. The zero-order valence-corrected chi connectivity index (χ0v) is 10.6. The number of nitrogens with one attached hydrogen (secondary N) is 1. The Bertz CT molecular complexity index is 235. The Labute approximate surface area is 99.8 Å². The highest BCUT2D eigenvalue weighted by Crippen LogP contribution is 2.46. The molecule has 2 bridgehead atoms. The second-order valence-electron chi connectivity index (χ2n) is 6.33. The van der Waals surface area contributed by atoms with Gasteiger partial charge in [-0.3, -0.25) is 0 Å². The van der Waals surface area contributed by atoms with Crippen LogP contribution in [0.25, 0.3) is 0 Å². The Kier molecular flexibility index (Phi) is 3.21. The maximum absolute atomic E-state index is 3.68. The van der Waals surface area contributed by atoms with Crippen LogP contribution in [0.2, 0.25) is 0 Å². The van der Waals surface area contributed by atoms with Crippen molar-refractivity contribution in [2.75, 3.05) is 20.1 Å². The Morgan fingerprint density at radius 3 is 2.69 bits per heavy atom. The van der Waals surface area contributed by atoms with Crippen molar-refractivity contribution in [2.24, 2.45) is 11.8 Å². The summed E-state index contributed by atoms with van der Waals surface area (Å²) in [4.78, 5) is 2.67. The van der Waals surface area contributed by atoms with E-state index in [4.69, 9.17) is 0 Å². The van der Waals surface area contributed by atoms with Gasteiger partial charge in [0.2, 0.25) is 0 Å². The average molecular weight is 222 g/mol. The third-order valence-electron chi connectivity index (χ3n) is 5.19. The Morgan fingerprint density at radius 2 is 2.06 bits per heavy atom. The maximum Gasteiger partial charge on any atom is 0.0195 e. The molecule has 1 aliphatic heterocycles. The molecule has 4 unspecified atom stereocenters. The van der Waals surface area contributed by atoms with Crippen LogP contribution in [0.3, 0.4) is 0 Å². The highest BCUT2D eigenvalue weighted by Gasteiger charge is 2.41. The Hall–Kier alpha value is -0.0800. The molecule has 0 aromatic carbocycles. The van der Waals surface area contributed by atoms with Gasteiger partial charge >= 0.3 is 0 Å². The predicted octanol–water partition coefficient (Wildman–Crippen LogP) is 2.25. The normalized spacial score (nSPS) is 43.1. The molecular weight excluding hydrogens is 196 g/mol. The zero-order chi connectivity index (χ0) is 11.0. The molecule has 2 saturated carbocycles. The minimum atomic E-state index is 0.776. The van der Waals surface area contributed by atoms with Gasteiger partial charge in [0.25, 0.3) is 0 Å². The first-order chi connectivity index (χ1) is 7.83. The molecule has 0 aromatic rings. The van der Waals surface area contributed by atoms with Crippen LogP contribution in [0.15, 0.2) is 0 Å². The molecule has 2 nitrogen and oxygen atoms in total. The molecule has 3 rings (SSSR count). The lowest BCUT2D eigenvalue weighted by molar-refractivity contribution is 0.153. The fourth-order valence-corrected chi connectivity index (χ4v) is 4.31. The number of hydrogen-bond donors (Lipinski definition) is 1. The molecule has 4 atom stereocenters. The van der Waals surface area contributed by atoms with Crippen LogP contribution in [0.1, 0.15) is 44.9 Å². The van der Waals surface area contributed by atoms with E-state index in [1.165, 1.54) is 58.0 Å². The summed E-state index contributed by atoms with van der Waals surface area (Å²) < 4.78 is 0. The van der Waals surface area contributed by atoms with Crippen molar-refractivity contribution in [3.63, 3.8) is 0 Å². The Morgan fingerprint density at radius 1 is 1.12 bits per heavy atom. The van der Waals surface area contributed by atoms with Crippen LogP contribution in [0.5, 0.6) is 0 Å². The van der Waals surface area contributed by atoms with E-state index in [9.17, 15) is 0 Å². The van der Waals surface area contributed by atoms with Crippen LogP contribution in [0, 0.1) is 11.8 Å². The molecule has 1 saturated heterocycles. The van der Waals surface area contributed by atoms with Crippen LogP contribution in [0.4, 0.5) is 0 Å². The van der Waals surface area contributed by atoms with Gasteiger partial charge in [0, 0.05) is 18.6 Å². The quantitative estimate of drug-likeness (QED) is 0.788. The minimum Gasteiger partial charge on any atom is -0.313 e. The molecule has 2 heteroatoms. The molecule has 1 N–H and O–H groups in total. The van der Waals surface area contributed by atoms with Crippen molar-refractivity contribution in [3.8, 4) is 0 Å². The molecule has 2 aliphatic carbocycles. The third kappa shape index (κ3) is 2.14. The Balaban J connectivity index is 1.51. The molecule has 92 valence electrons. The van der Waals surface area contributed by atoms with Crippen molar-refractivity contribution in [2.45, 2.75) is 57.0 Å². The van der Waals surface area contributed by atoms with Crippen LogP contribution in [-0.2, 0) is 0 Å². The summed E-state index contributed by atoms with van der Waals surface area (Å²) >= 11 is 0. The number of nitrogens with zero attached hydrogens (tertiary/aromatic N) is 1. The standard InChI is InChI=1S/C14H26N2/c1-16(10-13-4-2-3-7-15-13)14-9-11-5-6-12(14)8-11/h11-15H,2-10H2,1H3. The number of hydrogen-bond acceptors (Lipinski definition) is 2. The van der Waals surface area contributed by atoms with Crippen LogP contribution < -0.4 is 5.32 Å². The SMILES string of the molecule is CN(CC1CCCCN1)C1CC2CCC1C2. The van der Waals surface area contributed by atoms with Gasteiger partial charge < -0.3 is 10.2 Å². The first-order valence-electron chi connectivity index (χ1n) is 7.26. The van der Waals surface area contributed by atoms with Gasteiger partial charge in [-0.15, -0.1) is 0 Å². The summed E-state index contributed by atoms with van der Waals surface area (Å²) in [6.45, 7) is 2.53. The summed E-state index contributed by atoms with van der Waals surface area (Å²) in [6, 6.07) is 1.69. The molecule has 0 radical (unpaired) electrons. The first kappa shape index (κ1) is 11.0. The summed E-state index contributed by atoms with van der Waals surface area (Å²) in [7, 11) is 2.36. The fraction of sp³-hybridized carbons (Fsp3) is 1.00.